The van der Waals surface area contributed by atoms with E-state index < -0.39 is 12.1 Å². The standard InChI is InChI=1S/C17H15F3N2O2/c18-17(19,20)16(24)22-14-9-5-4-8-13(14)21-15(23)11-10-12-6-2-1-3-7-12/h1-9H,10-11H2,(H,21,23)(H,22,24). The van der Waals surface area contributed by atoms with Gasteiger partial charge in [0.15, 0.2) is 0 Å². The van der Waals surface area contributed by atoms with Crippen LogP contribution in [-0.4, -0.2) is 18.0 Å². The van der Waals surface area contributed by atoms with Crippen molar-refractivity contribution in [3.05, 3.63) is 60.2 Å². The molecule has 0 bridgehead atoms. The molecule has 7 heteroatoms. The summed E-state index contributed by atoms with van der Waals surface area (Å²) in [7, 11) is 0. The van der Waals surface area contributed by atoms with Gasteiger partial charge in [0.05, 0.1) is 11.4 Å². The van der Waals surface area contributed by atoms with E-state index in [0.29, 0.717) is 6.42 Å². The minimum absolute atomic E-state index is 0.104. The first-order valence-electron chi connectivity index (χ1n) is 7.17. The van der Waals surface area contributed by atoms with Crippen LogP contribution in [0.5, 0.6) is 0 Å². The summed E-state index contributed by atoms with van der Waals surface area (Å²) in [6, 6.07) is 15.1. The Morgan fingerprint density at radius 3 is 1.96 bits per heavy atom. The number of amides is 2. The van der Waals surface area contributed by atoms with E-state index in [9.17, 15) is 22.8 Å². The number of halogens is 3. The van der Waals surface area contributed by atoms with Crippen LogP contribution in [0.4, 0.5) is 24.5 Å². The van der Waals surface area contributed by atoms with E-state index in [1.165, 1.54) is 18.2 Å². The van der Waals surface area contributed by atoms with Gasteiger partial charge in [-0.2, -0.15) is 13.2 Å². The lowest BCUT2D eigenvalue weighted by Crippen LogP contribution is -2.30. The molecular weight excluding hydrogens is 321 g/mol. The van der Waals surface area contributed by atoms with Crippen molar-refractivity contribution in [2.75, 3.05) is 10.6 Å². The van der Waals surface area contributed by atoms with Crippen molar-refractivity contribution >= 4 is 23.2 Å². The molecule has 2 rings (SSSR count). The second-order valence-corrected chi connectivity index (χ2v) is 5.03. The van der Waals surface area contributed by atoms with Crippen molar-refractivity contribution in [3.63, 3.8) is 0 Å². The van der Waals surface area contributed by atoms with E-state index in [1.807, 2.05) is 30.3 Å². The fourth-order valence-corrected chi connectivity index (χ4v) is 2.01. The molecule has 0 saturated carbocycles. The number of hydrogen-bond donors (Lipinski definition) is 2. The van der Waals surface area contributed by atoms with Gasteiger partial charge in [-0.1, -0.05) is 42.5 Å². The molecule has 0 saturated heterocycles. The van der Waals surface area contributed by atoms with Crippen molar-refractivity contribution in [3.8, 4) is 0 Å². The van der Waals surface area contributed by atoms with Crippen molar-refractivity contribution in [1.82, 2.24) is 0 Å². The summed E-state index contributed by atoms with van der Waals surface area (Å²) >= 11 is 0. The molecule has 0 aliphatic rings. The van der Waals surface area contributed by atoms with Crippen LogP contribution in [0.25, 0.3) is 0 Å². The largest absolute Gasteiger partial charge is 0.471 e. The molecule has 0 aliphatic heterocycles. The summed E-state index contributed by atoms with van der Waals surface area (Å²) in [6.45, 7) is 0. The lowest BCUT2D eigenvalue weighted by molar-refractivity contribution is -0.167. The molecule has 2 aromatic rings. The zero-order chi connectivity index (χ0) is 17.6. The molecule has 0 atom stereocenters. The topological polar surface area (TPSA) is 58.2 Å². The maximum Gasteiger partial charge on any atom is 0.471 e. The Balaban J connectivity index is 1.99. The van der Waals surface area contributed by atoms with E-state index in [1.54, 1.807) is 11.4 Å². The molecule has 2 aromatic carbocycles. The molecule has 0 radical (unpaired) electrons. The first-order chi connectivity index (χ1) is 11.4. The summed E-state index contributed by atoms with van der Waals surface area (Å²) < 4.78 is 37.0. The number of carbonyl (C=O) groups excluding carboxylic acids is 2. The number of benzene rings is 2. The zero-order valence-electron chi connectivity index (χ0n) is 12.6. The van der Waals surface area contributed by atoms with Crippen LogP contribution in [0.15, 0.2) is 54.6 Å². The van der Waals surface area contributed by atoms with E-state index >= 15 is 0 Å². The molecule has 126 valence electrons. The number of anilines is 2. The van der Waals surface area contributed by atoms with Crippen LogP contribution in [-0.2, 0) is 16.0 Å². The van der Waals surface area contributed by atoms with Gasteiger partial charge in [0.2, 0.25) is 5.91 Å². The van der Waals surface area contributed by atoms with E-state index in [4.69, 9.17) is 0 Å². The van der Waals surface area contributed by atoms with Gasteiger partial charge in [-0.15, -0.1) is 0 Å². The maximum absolute atomic E-state index is 12.3. The predicted octanol–water partition coefficient (Wildman–Crippen LogP) is 3.76. The molecule has 0 unspecified atom stereocenters. The van der Waals surface area contributed by atoms with Gasteiger partial charge in [-0.05, 0) is 24.1 Å². The van der Waals surface area contributed by atoms with Gasteiger partial charge < -0.3 is 10.6 Å². The fourth-order valence-electron chi connectivity index (χ4n) is 2.01. The monoisotopic (exact) mass is 336 g/mol. The van der Waals surface area contributed by atoms with Gasteiger partial charge in [-0.3, -0.25) is 9.59 Å². The molecular formula is C17H15F3N2O2. The SMILES string of the molecule is O=C(CCc1ccccc1)Nc1ccccc1NC(=O)C(F)(F)F. The Bertz CT molecular complexity index is 715. The van der Waals surface area contributed by atoms with E-state index in [0.717, 1.165) is 5.56 Å². The third-order valence-electron chi connectivity index (χ3n) is 3.19. The number of nitrogens with one attached hydrogen (secondary N) is 2. The molecule has 2 N–H and O–H groups in total. The molecule has 0 spiro atoms. The van der Waals surface area contributed by atoms with E-state index in [-0.39, 0.29) is 23.7 Å². The van der Waals surface area contributed by atoms with E-state index in [2.05, 4.69) is 5.32 Å². The van der Waals surface area contributed by atoms with Crippen LogP contribution in [0.3, 0.4) is 0 Å². The third-order valence-corrected chi connectivity index (χ3v) is 3.19. The summed E-state index contributed by atoms with van der Waals surface area (Å²) in [6.07, 6.45) is -4.32. The van der Waals surface area contributed by atoms with Crippen LogP contribution in [0, 0.1) is 0 Å². The molecule has 24 heavy (non-hydrogen) atoms. The minimum atomic E-state index is -5.00. The maximum atomic E-state index is 12.3. The minimum Gasteiger partial charge on any atom is -0.324 e. The van der Waals surface area contributed by atoms with Crippen molar-refractivity contribution in [2.24, 2.45) is 0 Å². The zero-order valence-corrected chi connectivity index (χ0v) is 12.6. The second kappa shape index (κ2) is 7.63. The average Bonchev–Trinajstić information content (AvgIpc) is 2.55. The van der Waals surface area contributed by atoms with Crippen molar-refractivity contribution in [2.45, 2.75) is 19.0 Å². The van der Waals surface area contributed by atoms with Crippen molar-refractivity contribution in [1.29, 1.82) is 0 Å². The van der Waals surface area contributed by atoms with Crippen molar-refractivity contribution < 1.29 is 22.8 Å². The highest BCUT2D eigenvalue weighted by molar-refractivity contribution is 6.01. The van der Waals surface area contributed by atoms with Crippen LogP contribution >= 0.6 is 0 Å². The fraction of sp³-hybridized carbons (Fsp3) is 0.176. The Morgan fingerprint density at radius 1 is 0.833 bits per heavy atom. The Labute approximate surface area is 136 Å². The Morgan fingerprint density at radius 2 is 1.38 bits per heavy atom. The van der Waals surface area contributed by atoms with Gasteiger partial charge in [0, 0.05) is 6.42 Å². The normalized spacial score (nSPS) is 11.0. The summed E-state index contributed by atoms with van der Waals surface area (Å²) in [5.74, 6) is -2.44. The number of alkyl halides is 3. The summed E-state index contributed by atoms with van der Waals surface area (Å²) in [4.78, 5) is 23.0. The molecule has 0 fully saturated rings. The quantitative estimate of drug-likeness (QED) is 0.873. The summed E-state index contributed by atoms with van der Waals surface area (Å²) in [5, 5.41) is 4.27. The highest BCUT2D eigenvalue weighted by Crippen LogP contribution is 2.24. The van der Waals surface area contributed by atoms with Gasteiger partial charge >= 0.3 is 12.1 Å². The smallest absolute Gasteiger partial charge is 0.324 e. The number of carbonyl (C=O) groups is 2. The highest BCUT2D eigenvalue weighted by atomic mass is 19.4. The van der Waals surface area contributed by atoms with Crippen LogP contribution in [0.1, 0.15) is 12.0 Å². The second-order valence-electron chi connectivity index (χ2n) is 5.03. The number of hydrogen-bond acceptors (Lipinski definition) is 2. The predicted molar refractivity (Wildman–Crippen MR) is 84.5 cm³/mol. The first kappa shape index (κ1) is 17.5. The van der Waals surface area contributed by atoms with Gasteiger partial charge in [0.1, 0.15) is 0 Å². The number of rotatable bonds is 5. The molecule has 4 nitrogen and oxygen atoms in total. The molecule has 2 amide bonds. The highest BCUT2D eigenvalue weighted by Gasteiger charge is 2.38. The lowest BCUT2D eigenvalue weighted by atomic mass is 10.1. The Hall–Kier alpha value is -2.83. The Kier molecular flexibility index (Phi) is 5.57. The summed E-state index contributed by atoms with van der Waals surface area (Å²) in [5.41, 5.74) is 0.993. The lowest BCUT2D eigenvalue weighted by Gasteiger charge is -2.13. The number of para-hydroxylation sites is 2. The van der Waals surface area contributed by atoms with Gasteiger partial charge in [0.25, 0.3) is 0 Å². The molecule has 0 aromatic heterocycles. The first-order valence-corrected chi connectivity index (χ1v) is 7.17. The van der Waals surface area contributed by atoms with Crippen LogP contribution < -0.4 is 10.6 Å². The van der Waals surface area contributed by atoms with Gasteiger partial charge in [-0.25, -0.2) is 0 Å². The van der Waals surface area contributed by atoms with Crippen LogP contribution in [0.2, 0.25) is 0 Å². The average molecular weight is 336 g/mol. The third kappa shape index (κ3) is 5.12. The molecule has 0 aliphatic carbocycles. The molecule has 0 heterocycles. The number of aryl methyl sites for hydroxylation is 1.